The van der Waals surface area contributed by atoms with Crippen molar-refractivity contribution in [2.45, 2.75) is 38.1 Å². The number of amides is 1. The molecule has 2 fully saturated rings. The summed E-state index contributed by atoms with van der Waals surface area (Å²) in [5, 5.41) is 19.0. The molecule has 43 heavy (non-hydrogen) atoms. The third kappa shape index (κ3) is 5.47. The molecule has 0 bridgehead atoms. The highest BCUT2D eigenvalue weighted by Gasteiger charge is 2.31. The first-order valence-corrected chi connectivity index (χ1v) is 14.9. The van der Waals surface area contributed by atoms with Gasteiger partial charge < -0.3 is 24.6 Å². The van der Waals surface area contributed by atoms with Crippen LogP contribution < -0.4 is 10.2 Å². The minimum atomic E-state index is -0.518. The van der Waals surface area contributed by atoms with Crippen molar-refractivity contribution in [2.75, 3.05) is 44.8 Å². The number of nitrogens with one attached hydrogen (secondary N) is 1. The minimum Gasteiger partial charge on any atom is -0.391 e. The minimum absolute atomic E-state index is 0.253. The monoisotopic (exact) mass is 580 g/mol. The molecule has 1 aliphatic carbocycles. The van der Waals surface area contributed by atoms with Crippen molar-refractivity contribution in [3.8, 4) is 11.3 Å². The van der Waals surface area contributed by atoms with Gasteiger partial charge in [-0.2, -0.15) is 5.10 Å². The highest BCUT2D eigenvalue weighted by Crippen LogP contribution is 2.33. The van der Waals surface area contributed by atoms with E-state index in [2.05, 4.69) is 55.1 Å². The first-order valence-electron chi connectivity index (χ1n) is 14.9. The number of aliphatic hydroxyl groups excluding tert-OH is 1. The SMILES string of the molecule is CN(Cc1ccccc1)c1cc(-c2cn(CCN3CCOCC3)c3ncccc23)nn2c(C(=O)N[C@H]3CC[C@H]3O)cnc12. The summed E-state index contributed by atoms with van der Waals surface area (Å²) >= 11 is 0. The number of ether oxygens (including phenoxy) is 1. The van der Waals surface area contributed by atoms with Gasteiger partial charge in [0.2, 0.25) is 0 Å². The fourth-order valence-electron chi connectivity index (χ4n) is 5.93. The highest BCUT2D eigenvalue weighted by atomic mass is 16.5. The molecule has 2 aliphatic rings. The number of rotatable bonds is 9. The van der Waals surface area contributed by atoms with Gasteiger partial charge >= 0.3 is 0 Å². The van der Waals surface area contributed by atoms with Crippen LogP contribution in [0.1, 0.15) is 28.9 Å². The zero-order valence-corrected chi connectivity index (χ0v) is 24.3. The van der Waals surface area contributed by atoms with Gasteiger partial charge in [0, 0.05) is 63.1 Å². The summed E-state index contributed by atoms with van der Waals surface area (Å²) in [7, 11) is 2.03. The molecule has 1 aliphatic heterocycles. The second-order valence-corrected chi connectivity index (χ2v) is 11.4. The van der Waals surface area contributed by atoms with Crippen molar-refractivity contribution in [1.82, 2.24) is 34.4 Å². The van der Waals surface area contributed by atoms with E-state index in [9.17, 15) is 9.90 Å². The fourth-order valence-corrected chi connectivity index (χ4v) is 5.93. The Morgan fingerprint density at radius 1 is 1.07 bits per heavy atom. The van der Waals surface area contributed by atoms with Gasteiger partial charge in [-0.15, -0.1) is 0 Å². The second-order valence-electron chi connectivity index (χ2n) is 11.4. The number of carbonyl (C=O) groups is 1. The van der Waals surface area contributed by atoms with Gasteiger partial charge in [-0.3, -0.25) is 9.69 Å². The van der Waals surface area contributed by atoms with Crippen molar-refractivity contribution in [2.24, 2.45) is 0 Å². The molecule has 1 aromatic carbocycles. The maximum absolute atomic E-state index is 13.4. The lowest BCUT2D eigenvalue weighted by Crippen LogP contribution is -2.50. The number of benzene rings is 1. The lowest BCUT2D eigenvalue weighted by molar-refractivity contribution is 0.0365. The number of fused-ring (bicyclic) bond motifs is 2. The molecule has 2 atom stereocenters. The molecule has 5 heterocycles. The highest BCUT2D eigenvalue weighted by molar-refractivity contribution is 5.96. The Hall–Kier alpha value is -4.32. The molecule has 1 saturated carbocycles. The quantitative estimate of drug-likeness (QED) is 0.274. The Balaban J connectivity index is 1.30. The maximum atomic E-state index is 13.4. The summed E-state index contributed by atoms with van der Waals surface area (Å²) in [5.74, 6) is -0.299. The van der Waals surface area contributed by atoms with E-state index in [4.69, 9.17) is 14.8 Å². The van der Waals surface area contributed by atoms with Crippen LogP contribution in [0.5, 0.6) is 0 Å². The summed E-state index contributed by atoms with van der Waals surface area (Å²) in [6.07, 6.45) is 6.44. The summed E-state index contributed by atoms with van der Waals surface area (Å²) < 4.78 is 9.35. The van der Waals surface area contributed by atoms with Crippen LogP contribution in [0.15, 0.2) is 67.1 Å². The third-order valence-corrected chi connectivity index (χ3v) is 8.58. The standard InChI is InChI=1S/C32H36N8O3/c1-37(20-22-6-3-2-4-7-22)27-18-26(36-40-28(19-34-31(27)40)32(42)35-25-9-10-29(25)41)24-21-39(30-23(24)8-5-11-33-30)13-12-38-14-16-43-17-15-38/h2-8,11,18-19,21,25,29,41H,9-10,12-17,20H2,1H3,(H,35,42)/t25-,29+/m0/s1. The average Bonchev–Trinajstić information content (AvgIpc) is 3.64. The molecule has 4 aromatic heterocycles. The first-order chi connectivity index (χ1) is 21.0. The number of aromatic nitrogens is 5. The Morgan fingerprint density at radius 2 is 1.91 bits per heavy atom. The third-order valence-electron chi connectivity index (χ3n) is 8.58. The van der Waals surface area contributed by atoms with Crippen LogP contribution in [-0.4, -0.2) is 92.1 Å². The normalized spacial score (nSPS) is 19.0. The van der Waals surface area contributed by atoms with Crippen LogP contribution in [0.3, 0.4) is 0 Å². The van der Waals surface area contributed by atoms with Crippen molar-refractivity contribution >= 4 is 28.3 Å². The van der Waals surface area contributed by atoms with E-state index >= 15 is 0 Å². The van der Waals surface area contributed by atoms with E-state index in [1.807, 2.05) is 37.5 Å². The largest absolute Gasteiger partial charge is 0.391 e. The van der Waals surface area contributed by atoms with Crippen LogP contribution in [-0.2, 0) is 17.8 Å². The Morgan fingerprint density at radius 3 is 2.67 bits per heavy atom. The molecule has 5 aromatic rings. The van der Waals surface area contributed by atoms with Crippen LogP contribution in [0.4, 0.5) is 5.69 Å². The van der Waals surface area contributed by atoms with E-state index in [-0.39, 0.29) is 11.9 Å². The summed E-state index contributed by atoms with van der Waals surface area (Å²) in [4.78, 5) is 27.3. The van der Waals surface area contributed by atoms with Crippen LogP contribution in [0.25, 0.3) is 27.9 Å². The number of anilines is 1. The zero-order valence-electron chi connectivity index (χ0n) is 24.3. The lowest BCUT2D eigenvalue weighted by atomic mass is 9.89. The number of pyridine rings is 1. The predicted octanol–water partition coefficient (Wildman–Crippen LogP) is 2.97. The van der Waals surface area contributed by atoms with Crippen LogP contribution in [0.2, 0.25) is 0 Å². The lowest BCUT2D eigenvalue weighted by Gasteiger charge is -2.32. The van der Waals surface area contributed by atoms with E-state index in [1.54, 1.807) is 10.7 Å². The van der Waals surface area contributed by atoms with Crippen molar-refractivity contribution in [1.29, 1.82) is 0 Å². The van der Waals surface area contributed by atoms with Gasteiger partial charge in [0.25, 0.3) is 5.91 Å². The van der Waals surface area contributed by atoms with E-state index in [1.165, 1.54) is 0 Å². The molecular weight excluding hydrogens is 544 g/mol. The zero-order chi connectivity index (χ0) is 29.3. The Bertz CT molecular complexity index is 1740. The van der Waals surface area contributed by atoms with Gasteiger partial charge in [-0.05, 0) is 36.6 Å². The number of morpholine rings is 1. The molecule has 1 saturated heterocycles. The average molecular weight is 581 g/mol. The van der Waals surface area contributed by atoms with Crippen molar-refractivity contribution < 1.29 is 14.6 Å². The summed E-state index contributed by atoms with van der Waals surface area (Å²) in [5.41, 5.74) is 5.50. The smallest absolute Gasteiger partial charge is 0.271 e. The fraction of sp³-hybridized carbons (Fsp3) is 0.375. The van der Waals surface area contributed by atoms with Crippen molar-refractivity contribution in [3.05, 3.63) is 78.4 Å². The summed E-state index contributed by atoms with van der Waals surface area (Å²) in [6.45, 7) is 5.74. The number of hydrogen-bond acceptors (Lipinski definition) is 8. The van der Waals surface area contributed by atoms with Crippen LogP contribution in [0, 0.1) is 0 Å². The van der Waals surface area contributed by atoms with Gasteiger partial charge in [-0.25, -0.2) is 14.5 Å². The number of aliphatic hydroxyl groups is 1. The Kier molecular flexibility index (Phi) is 7.52. The summed E-state index contributed by atoms with van der Waals surface area (Å²) in [6, 6.07) is 16.1. The molecular formula is C32H36N8O3. The molecule has 0 radical (unpaired) electrons. The van der Waals surface area contributed by atoms with Gasteiger partial charge in [0.05, 0.1) is 42.9 Å². The number of nitrogens with zero attached hydrogens (tertiary/aromatic N) is 7. The predicted molar refractivity (Wildman–Crippen MR) is 164 cm³/mol. The van der Waals surface area contributed by atoms with E-state index in [0.717, 1.165) is 79.4 Å². The van der Waals surface area contributed by atoms with E-state index in [0.29, 0.717) is 24.3 Å². The molecule has 1 amide bonds. The number of carbonyl (C=O) groups excluding carboxylic acids is 1. The first kappa shape index (κ1) is 27.5. The van der Waals surface area contributed by atoms with Crippen molar-refractivity contribution in [3.63, 3.8) is 0 Å². The molecule has 222 valence electrons. The maximum Gasteiger partial charge on any atom is 0.271 e. The molecule has 11 nitrogen and oxygen atoms in total. The molecule has 0 unspecified atom stereocenters. The van der Waals surface area contributed by atoms with E-state index < -0.39 is 6.10 Å². The molecule has 11 heteroatoms. The van der Waals surface area contributed by atoms with Gasteiger partial charge in [0.15, 0.2) is 11.3 Å². The van der Waals surface area contributed by atoms with Gasteiger partial charge in [0.1, 0.15) is 5.65 Å². The molecule has 0 spiro atoms. The van der Waals surface area contributed by atoms with Gasteiger partial charge in [-0.1, -0.05) is 30.3 Å². The van der Waals surface area contributed by atoms with Crippen LogP contribution >= 0.6 is 0 Å². The number of hydrogen-bond donors (Lipinski definition) is 2. The second kappa shape index (κ2) is 11.8. The molecule has 7 rings (SSSR count). The Labute approximate surface area is 249 Å². The topological polar surface area (TPSA) is 113 Å². The molecule has 2 N–H and O–H groups in total. The number of imidazole rings is 1.